The first kappa shape index (κ1) is 31.9. The van der Waals surface area contributed by atoms with Crippen LogP contribution in [0.1, 0.15) is 54.1 Å². The van der Waals surface area contributed by atoms with E-state index in [1.54, 1.807) is 0 Å². The first-order chi connectivity index (χ1) is 24.8. The zero-order valence-corrected chi connectivity index (χ0v) is 31.3. The molecule has 0 amide bonds. The van der Waals surface area contributed by atoms with Crippen LogP contribution in [-0.4, -0.2) is 14.8 Å². The largest absolute Gasteiger partial charge is 0.416 e. The minimum atomic E-state index is 0.100. The maximum Gasteiger partial charge on any atom is 0.248 e. The smallest absolute Gasteiger partial charge is 0.248 e. The van der Waals surface area contributed by atoms with Crippen molar-refractivity contribution in [3.05, 3.63) is 130 Å². The molecule has 0 bridgehead atoms. The maximum absolute atomic E-state index is 6.04. The van der Waals surface area contributed by atoms with E-state index in [1.807, 2.05) is 46.1 Å². The quantitative estimate of drug-likeness (QED) is 0.165. The molecule has 5 aromatic heterocycles. The van der Waals surface area contributed by atoms with Crippen molar-refractivity contribution in [1.82, 2.24) is 14.8 Å². The fourth-order valence-electron chi connectivity index (χ4n) is 6.71. The Morgan fingerprint density at radius 2 is 1.18 bits per heavy atom. The summed E-state index contributed by atoms with van der Waals surface area (Å²) in [5, 5.41) is 11.3. The highest BCUT2D eigenvalue weighted by atomic mass is 32.1. The molecule has 4 nitrogen and oxygen atoms in total. The van der Waals surface area contributed by atoms with E-state index in [9.17, 15) is 0 Å². The molecule has 0 unspecified atom stereocenters. The van der Waals surface area contributed by atoms with Crippen LogP contribution >= 0.6 is 34.0 Å². The summed E-state index contributed by atoms with van der Waals surface area (Å²) in [5.41, 5.74) is 8.15. The molecule has 7 heteroatoms. The van der Waals surface area contributed by atoms with Crippen LogP contribution < -0.4 is 0 Å². The van der Waals surface area contributed by atoms with E-state index >= 15 is 0 Å². The topological polar surface area (TPSA) is 43.9 Å². The molecule has 250 valence electrons. The zero-order chi connectivity index (χ0) is 34.7. The van der Waals surface area contributed by atoms with Gasteiger partial charge in [0.15, 0.2) is 0 Å². The SMILES string of the molecule is CCn1c2ccccc2c2cc(/C=C/c3cc4sc5cc(/C=C/c6ccc(-c7nnc(-c8ccc(C(C)(C)C)cc8)o7)cc6)sc5c4s3)ccc21. The maximum atomic E-state index is 6.04. The summed E-state index contributed by atoms with van der Waals surface area (Å²) in [6.07, 6.45) is 8.90. The molecule has 0 spiro atoms. The number of hydrogen-bond donors (Lipinski definition) is 0. The highest BCUT2D eigenvalue weighted by molar-refractivity contribution is 7.38. The fraction of sp³-hybridized carbons (Fsp3) is 0.136. The van der Waals surface area contributed by atoms with Gasteiger partial charge >= 0.3 is 0 Å². The van der Waals surface area contributed by atoms with Gasteiger partial charge in [-0.05, 0) is 95.8 Å². The van der Waals surface area contributed by atoms with Crippen LogP contribution in [0.5, 0.6) is 0 Å². The molecule has 0 atom stereocenters. The van der Waals surface area contributed by atoms with Crippen LogP contribution in [-0.2, 0) is 12.0 Å². The molecule has 0 radical (unpaired) electrons. The molecule has 0 aliphatic rings. The van der Waals surface area contributed by atoms with Gasteiger partial charge in [0.25, 0.3) is 0 Å². The lowest BCUT2D eigenvalue weighted by Gasteiger charge is -2.18. The lowest BCUT2D eigenvalue weighted by Crippen LogP contribution is -2.10. The van der Waals surface area contributed by atoms with Gasteiger partial charge in [-0.25, -0.2) is 0 Å². The Labute approximate surface area is 308 Å². The number of benzene rings is 4. The number of para-hydroxylation sites is 1. The molecule has 9 aromatic rings. The standard InChI is InChI=1S/C44H35N3OS3/c1-5-47-36-9-7-6-8-34(36)35-24-28(14-23-37(35)47)13-22-33-26-39-41(50-33)40-38(51-39)25-32(49-40)21-12-27-10-15-29(16-11-27)42-45-46-43(48-42)30-17-19-31(20-18-30)44(2,3)4/h6-26H,5H2,1-4H3/b21-12+,22-13+. The average Bonchev–Trinajstić information content (AvgIpc) is 3.97. The van der Waals surface area contributed by atoms with Crippen LogP contribution in [0, 0.1) is 0 Å². The monoisotopic (exact) mass is 717 g/mol. The van der Waals surface area contributed by atoms with Gasteiger partial charge in [-0.1, -0.05) is 81.5 Å². The number of hydrogen-bond acceptors (Lipinski definition) is 6. The molecule has 9 rings (SSSR count). The molecule has 0 saturated carbocycles. The van der Waals surface area contributed by atoms with E-state index in [2.05, 4.69) is 158 Å². The first-order valence-electron chi connectivity index (χ1n) is 17.2. The summed E-state index contributed by atoms with van der Waals surface area (Å²) in [6.45, 7) is 9.81. The van der Waals surface area contributed by atoms with Crippen molar-refractivity contribution >= 4 is 98.9 Å². The Morgan fingerprint density at radius 3 is 1.80 bits per heavy atom. The minimum absolute atomic E-state index is 0.100. The van der Waals surface area contributed by atoms with Gasteiger partial charge in [0, 0.05) is 58.6 Å². The Kier molecular flexibility index (Phi) is 7.88. The Balaban J connectivity index is 0.900. The highest BCUT2D eigenvalue weighted by Crippen LogP contribution is 2.44. The van der Waals surface area contributed by atoms with Crippen molar-refractivity contribution in [2.24, 2.45) is 0 Å². The van der Waals surface area contributed by atoms with Crippen molar-refractivity contribution in [2.45, 2.75) is 39.7 Å². The van der Waals surface area contributed by atoms with Crippen LogP contribution in [0.4, 0.5) is 0 Å². The summed E-state index contributed by atoms with van der Waals surface area (Å²) >= 11 is 5.63. The second kappa shape index (κ2) is 12.6. The van der Waals surface area contributed by atoms with Gasteiger partial charge in [0.05, 0.1) is 9.40 Å². The number of nitrogens with zero attached hydrogens (tertiary/aromatic N) is 3. The summed E-state index contributed by atoms with van der Waals surface area (Å²) in [6, 6.07) is 36.8. The molecule has 51 heavy (non-hydrogen) atoms. The molecule has 0 fully saturated rings. The predicted molar refractivity (Wildman–Crippen MR) is 222 cm³/mol. The minimum Gasteiger partial charge on any atom is -0.416 e. The van der Waals surface area contributed by atoms with Gasteiger partial charge < -0.3 is 8.98 Å². The molecular weight excluding hydrogens is 683 g/mol. The van der Waals surface area contributed by atoms with E-state index in [0.717, 1.165) is 23.2 Å². The second-order valence-corrected chi connectivity index (χ2v) is 17.1. The van der Waals surface area contributed by atoms with Gasteiger partial charge in [-0.2, -0.15) is 0 Å². The highest BCUT2D eigenvalue weighted by Gasteiger charge is 2.16. The number of aromatic nitrogens is 3. The molecular formula is C44H35N3OS3. The van der Waals surface area contributed by atoms with Crippen molar-refractivity contribution in [1.29, 1.82) is 0 Å². The Morgan fingerprint density at radius 1 is 0.608 bits per heavy atom. The summed E-state index contributed by atoms with van der Waals surface area (Å²) in [4.78, 5) is 2.54. The van der Waals surface area contributed by atoms with Crippen molar-refractivity contribution in [2.75, 3.05) is 0 Å². The van der Waals surface area contributed by atoms with Crippen LogP contribution in [0.2, 0.25) is 0 Å². The van der Waals surface area contributed by atoms with Gasteiger partial charge in [-0.3, -0.25) is 0 Å². The van der Waals surface area contributed by atoms with Gasteiger partial charge in [0.1, 0.15) is 0 Å². The predicted octanol–water partition coefficient (Wildman–Crippen LogP) is 13.7. The molecule has 0 saturated heterocycles. The molecule has 4 aromatic carbocycles. The molecule has 0 aliphatic carbocycles. The lowest BCUT2D eigenvalue weighted by molar-refractivity contribution is 0.582. The van der Waals surface area contributed by atoms with E-state index in [1.165, 1.54) is 61.5 Å². The second-order valence-electron chi connectivity index (χ2n) is 13.9. The van der Waals surface area contributed by atoms with Crippen molar-refractivity contribution < 1.29 is 4.42 Å². The summed E-state index contributed by atoms with van der Waals surface area (Å²) in [7, 11) is 0. The Bertz CT molecular complexity index is 2760. The van der Waals surface area contributed by atoms with Gasteiger partial charge in [-0.15, -0.1) is 44.2 Å². The van der Waals surface area contributed by atoms with E-state index < -0.39 is 0 Å². The first-order valence-corrected chi connectivity index (χ1v) is 19.6. The third-order valence-corrected chi connectivity index (χ3v) is 13.1. The summed E-state index contributed by atoms with van der Waals surface area (Å²) < 4.78 is 13.9. The van der Waals surface area contributed by atoms with Crippen LogP contribution in [0.25, 0.3) is 87.8 Å². The molecule has 5 heterocycles. The number of thiophene rings is 3. The van der Waals surface area contributed by atoms with E-state index in [4.69, 9.17) is 4.42 Å². The number of rotatable bonds is 7. The number of aryl methyl sites for hydroxylation is 1. The van der Waals surface area contributed by atoms with Crippen molar-refractivity contribution in [3.8, 4) is 22.9 Å². The fourth-order valence-corrected chi connectivity index (χ4v) is 10.6. The molecule has 0 N–H and O–H groups in total. The third kappa shape index (κ3) is 5.95. The van der Waals surface area contributed by atoms with Crippen molar-refractivity contribution in [3.63, 3.8) is 0 Å². The summed E-state index contributed by atoms with van der Waals surface area (Å²) in [5.74, 6) is 1.05. The Hall–Kier alpha value is -5.08. The van der Waals surface area contributed by atoms with E-state index in [-0.39, 0.29) is 5.41 Å². The molecule has 0 aliphatic heterocycles. The van der Waals surface area contributed by atoms with E-state index in [0.29, 0.717) is 11.8 Å². The van der Waals surface area contributed by atoms with Crippen LogP contribution in [0.3, 0.4) is 0 Å². The van der Waals surface area contributed by atoms with Gasteiger partial charge in [0.2, 0.25) is 11.8 Å². The third-order valence-electron chi connectivity index (χ3n) is 9.43. The van der Waals surface area contributed by atoms with Crippen LogP contribution in [0.15, 0.2) is 108 Å². The normalized spacial score (nSPS) is 12.6. The lowest BCUT2D eigenvalue weighted by atomic mass is 9.87. The number of fused-ring (bicyclic) bond motifs is 6. The zero-order valence-electron chi connectivity index (χ0n) is 28.8. The average molecular weight is 718 g/mol.